The minimum atomic E-state index is -0.784. The molecule has 2 heterocycles. The van der Waals surface area contributed by atoms with Crippen LogP contribution < -0.4 is 15.5 Å². The molecule has 3 rings (SSSR count). The number of nitrogens with zero attached hydrogens (tertiary/aromatic N) is 2. The van der Waals surface area contributed by atoms with Gasteiger partial charge in [0.2, 0.25) is 17.7 Å². The molecule has 26 heavy (non-hydrogen) atoms. The van der Waals surface area contributed by atoms with E-state index in [4.69, 9.17) is 4.52 Å². The van der Waals surface area contributed by atoms with Gasteiger partial charge in [-0.3, -0.25) is 19.3 Å². The van der Waals surface area contributed by atoms with Crippen molar-refractivity contribution in [3.8, 4) is 0 Å². The molecule has 0 aliphatic carbocycles. The number of benzene rings is 1. The Morgan fingerprint density at radius 3 is 2.69 bits per heavy atom. The molecule has 0 saturated carbocycles. The molecule has 8 nitrogen and oxygen atoms in total. The quantitative estimate of drug-likeness (QED) is 0.847. The Hall–Kier alpha value is -3.16. The highest BCUT2D eigenvalue weighted by atomic mass is 16.5. The molecule has 0 bridgehead atoms. The second-order valence-corrected chi connectivity index (χ2v) is 6.20. The normalized spacial score (nSPS) is 17.8. The minimum Gasteiger partial charge on any atom is -0.360 e. The first-order valence-corrected chi connectivity index (χ1v) is 8.37. The van der Waals surface area contributed by atoms with Gasteiger partial charge in [-0.2, -0.15) is 0 Å². The zero-order valence-corrected chi connectivity index (χ0v) is 14.6. The topological polar surface area (TPSA) is 105 Å². The summed E-state index contributed by atoms with van der Waals surface area (Å²) in [4.78, 5) is 38.5. The number of aromatic nitrogens is 1. The van der Waals surface area contributed by atoms with Crippen LogP contribution in [0.5, 0.6) is 0 Å². The molecule has 1 fully saturated rings. The van der Waals surface area contributed by atoms with E-state index in [0.29, 0.717) is 24.3 Å². The smallest absolute Gasteiger partial charge is 0.247 e. The van der Waals surface area contributed by atoms with Crippen LogP contribution in [-0.4, -0.2) is 35.0 Å². The molecule has 1 aromatic carbocycles. The van der Waals surface area contributed by atoms with Crippen LogP contribution in [0.4, 0.5) is 11.5 Å². The average Bonchev–Trinajstić information content (AvgIpc) is 3.21. The molecule has 1 saturated heterocycles. The molecule has 8 heteroatoms. The van der Waals surface area contributed by atoms with E-state index in [9.17, 15) is 14.4 Å². The second kappa shape index (κ2) is 7.38. The third-order valence-corrected chi connectivity index (χ3v) is 4.18. The van der Waals surface area contributed by atoms with Gasteiger partial charge in [0.15, 0.2) is 5.82 Å². The average molecular weight is 356 g/mol. The Labute approximate surface area is 150 Å². The first-order valence-electron chi connectivity index (χ1n) is 8.37. The zero-order chi connectivity index (χ0) is 18.7. The highest BCUT2D eigenvalue weighted by molar-refractivity contribution is 6.05. The van der Waals surface area contributed by atoms with Crippen molar-refractivity contribution in [3.63, 3.8) is 0 Å². The fraction of sp³-hybridized carbons (Fsp3) is 0.333. The van der Waals surface area contributed by atoms with Gasteiger partial charge in [0, 0.05) is 18.2 Å². The molecular weight excluding hydrogens is 336 g/mol. The number of para-hydroxylation sites is 1. The van der Waals surface area contributed by atoms with E-state index in [2.05, 4.69) is 15.8 Å². The van der Waals surface area contributed by atoms with Gasteiger partial charge in [-0.05, 0) is 32.4 Å². The van der Waals surface area contributed by atoms with Gasteiger partial charge in [0.1, 0.15) is 17.8 Å². The lowest BCUT2D eigenvalue weighted by Gasteiger charge is -2.25. The van der Waals surface area contributed by atoms with Crippen molar-refractivity contribution in [3.05, 3.63) is 42.2 Å². The number of hydrogen-bond donors (Lipinski definition) is 2. The Balaban J connectivity index is 1.64. The molecule has 2 aromatic rings. The summed E-state index contributed by atoms with van der Waals surface area (Å²) in [6, 6.07) is 9.20. The largest absolute Gasteiger partial charge is 0.360 e. The van der Waals surface area contributed by atoms with Crippen molar-refractivity contribution in [2.45, 2.75) is 38.8 Å². The van der Waals surface area contributed by atoms with Crippen molar-refractivity contribution in [1.82, 2.24) is 10.5 Å². The number of hydrogen-bond acceptors (Lipinski definition) is 5. The van der Waals surface area contributed by atoms with E-state index < -0.39 is 18.0 Å². The third kappa shape index (κ3) is 3.74. The van der Waals surface area contributed by atoms with Gasteiger partial charge in [-0.15, -0.1) is 0 Å². The van der Waals surface area contributed by atoms with Crippen molar-refractivity contribution in [2.75, 3.05) is 10.2 Å². The molecule has 1 aliphatic heterocycles. The van der Waals surface area contributed by atoms with Gasteiger partial charge in [-0.1, -0.05) is 23.4 Å². The van der Waals surface area contributed by atoms with E-state index in [1.165, 1.54) is 4.90 Å². The molecule has 2 N–H and O–H groups in total. The maximum absolute atomic E-state index is 12.6. The molecular formula is C18H20N4O4. The van der Waals surface area contributed by atoms with Crippen LogP contribution in [0.15, 0.2) is 40.9 Å². The summed E-state index contributed by atoms with van der Waals surface area (Å²) in [5, 5.41) is 8.92. The van der Waals surface area contributed by atoms with Crippen LogP contribution in [0.25, 0.3) is 0 Å². The van der Waals surface area contributed by atoms with Crippen LogP contribution in [0.2, 0.25) is 0 Å². The van der Waals surface area contributed by atoms with Crippen LogP contribution >= 0.6 is 0 Å². The molecule has 0 spiro atoms. The SMILES string of the molecule is Cc1cc(NC(=O)C(C)NC(=O)C2CCC(=O)N2c2ccccc2)no1. The van der Waals surface area contributed by atoms with Crippen LogP contribution in [0, 0.1) is 6.92 Å². The molecule has 3 amide bonds. The van der Waals surface area contributed by atoms with Crippen molar-refractivity contribution in [2.24, 2.45) is 0 Å². The van der Waals surface area contributed by atoms with Crippen molar-refractivity contribution < 1.29 is 18.9 Å². The predicted octanol–water partition coefficient (Wildman–Crippen LogP) is 1.62. The standard InChI is InChI=1S/C18H20N4O4/c1-11-10-15(21-26-11)20-17(24)12(2)19-18(25)14-8-9-16(23)22(14)13-6-4-3-5-7-13/h3-7,10,12,14H,8-9H2,1-2H3,(H,19,25)(H,20,21,24). The second-order valence-electron chi connectivity index (χ2n) is 6.20. The summed E-state index contributed by atoms with van der Waals surface area (Å²) in [7, 11) is 0. The van der Waals surface area contributed by atoms with Crippen LogP contribution in [-0.2, 0) is 14.4 Å². The number of nitrogens with one attached hydrogen (secondary N) is 2. The highest BCUT2D eigenvalue weighted by Crippen LogP contribution is 2.26. The van der Waals surface area contributed by atoms with Gasteiger partial charge in [-0.25, -0.2) is 0 Å². The summed E-state index contributed by atoms with van der Waals surface area (Å²) in [5.41, 5.74) is 0.672. The lowest BCUT2D eigenvalue weighted by molar-refractivity contribution is -0.127. The van der Waals surface area contributed by atoms with Crippen LogP contribution in [0.1, 0.15) is 25.5 Å². The summed E-state index contributed by atoms with van der Waals surface area (Å²) in [6.07, 6.45) is 0.710. The highest BCUT2D eigenvalue weighted by Gasteiger charge is 2.37. The third-order valence-electron chi connectivity index (χ3n) is 4.18. The van der Waals surface area contributed by atoms with E-state index in [1.807, 2.05) is 18.2 Å². The fourth-order valence-corrected chi connectivity index (χ4v) is 2.88. The van der Waals surface area contributed by atoms with E-state index in [0.717, 1.165) is 0 Å². The monoisotopic (exact) mass is 356 g/mol. The Kier molecular flexibility index (Phi) is 5.01. The number of anilines is 2. The number of carbonyl (C=O) groups excluding carboxylic acids is 3. The van der Waals surface area contributed by atoms with Crippen molar-refractivity contribution in [1.29, 1.82) is 0 Å². The molecule has 136 valence electrons. The summed E-state index contributed by atoms with van der Waals surface area (Å²) in [6.45, 7) is 3.28. The minimum absolute atomic E-state index is 0.105. The van der Waals surface area contributed by atoms with E-state index in [-0.39, 0.29) is 17.6 Å². The maximum atomic E-state index is 12.6. The van der Waals surface area contributed by atoms with Crippen molar-refractivity contribution >= 4 is 29.2 Å². The number of carbonyl (C=O) groups is 3. The zero-order valence-electron chi connectivity index (χ0n) is 14.6. The Morgan fingerprint density at radius 1 is 1.31 bits per heavy atom. The summed E-state index contributed by atoms with van der Waals surface area (Å²) < 4.78 is 4.89. The number of amides is 3. The van der Waals surface area contributed by atoms with Gasteiger partial charge in [0.05, 0.1) is 0 Å². The predicted molar refractivity (Wildman–Crippen MR) is 94.4 cm³/mol. The fourth-order valence-electron chi connectivity index (χ4n) is 2.88. The molecule has 2 atom stereocenters. The maximum Gasteiger partial charge on any atom is 0.247 e. The Morgan fingerprint density at radius 2 is 2.04 bits per heavy atom. The lowest BCUT2D eigenvalue weighted by Crippen LogP contribution is -2.50. The molecule has 2 unspecified atom stereocenters. The first kappa shape index (κ1) is 17.7. The summed E-state index contributed by atoms with van der Waals surface area (Å²) in [5.74, 6) is -0.0250. The number of rotatable bonds is 5. The Bertz CT molecular complexity index is 818. The summed E-state index contributed by atoms with van der Waals surface area (Å²) >= 11 is 0. The van der Waals surface area contributed by atoms with E-state index in [1.54, 1.807) is 32.0 Å². The van der Waals surface area contributed by atoms with Gasteiger partial charge in [0.25, 0.3) is 0 Å². The molecule has 0 radical (unpaired) electrons. The van der Waals surface area contributed by atoms with Gasteiger partial charge < -0.3 is 15.2 Å². The molecule has 1 aliphatic rings. The first-order chi connectivity index (χ1) is 12.5. The number of aryl methyl sites for hydroxylation is 1. The van der Waals surface area contributed by atoms with Gasteiger partial charge >= 0.3 is 0 Å². The van der Waals surface area contributed by atoms with Crippen LogP contribution in [0.3, 0.4) is 0 Å². The lowest BCUT2D eigenvalue weighted by atomic mass is 10.1. The van der Waals surface area contributed by atoms with E-state index >= 15 is 0 Å². The molecule has 1 aromatic heterocycles.